The first-order valence-corrected chi connectivity index (χ1v) is 6.42. The fourth-order valence-electron chi connectivity index (χ4n) is 1.65. The number of carboxylic acids is 1. The van der Waals surface area contributed by atoms with Gasteiger partial charge in [-0.2, -0.15) is 0 Å². The van der Waals surface area contributed by atoms with E-state index in [-0.39, 0.29) is 5.91 Å². The minimum atomic E-state index is -0.998. The van der Waals surface area contributed by atoms with Crippen LogP contribution in [0.1, 0.15) is 28.4 Å². The highest BCUT2D eigenvalue weighted by Gasteiger charge is 2.06. The van der Waals surface area contributed by atoms with Gasteiger partial charge in [0.25, 0.3) is 5.91 Å². The molecule has 0 unspecified atom stereocenters. The lowest BCUT2D eigenvalue weighted by molar-refractivity contribution is -0.131. The summed E-state index contributed by atoms with van der Waals surface area (Å²) in [5.41, 5.74) is 2.17. The van der Waals surface area contributed by atoms with E-state index in [1.807, 2.05) is 13.8 Å². The van der Waals surface area contributed by atoms with Gasteiger partial charge in [-0.3, -0.25) is 4.79 Å². The van der Waals surface area contributed by atoms with E-state index in [1.54, 1.807) is 18.2 Å². The standard InChI is InChI=1S/C15H19NO4/c1-3-20-9-8-16-15(19)13-5-4-12(11(2)10-13)6-7-14(17)18/h4-7,10H,3,8-9H2,1-2H3,(H,16,19)(H,17,18)/b7-6+. The number of aryl methyl sites for hydroxylation is 1. The maximum atomic E-state index is 11.9. The average Bonchev–Trinajstić information content (AvgIpc) is 2.41. The van der Waals surface area contributed by atoms with Crippen LogP contribution in [-0.4, -0.2) is 36.7 Å². The van der Waals surface area contributed by atoms with Gasteiger partial charge in [0.05, 0.1) is 6.61 Å². The number of carboxylic acid groups (broad SMARTS) is 1. The molecule has 1 rings (SSSR count). The van der Waals surface area contributed by atoms with Crippen LogP contribution in [0.3, 0.4) is 0 Å². The van der Waals surface area contributed by atoms with Crippen LogP contribution in [0.2, 0.25) is 0 Å². The molecule has 5 heteroatoms. The van der Waals surface area contributed by atoms with Crippen LogP contribution in [-0.2, 0) is 9.53 Å². The molecule has 20 heavy (non-hydrogen) atoms. The Hall–Kier alpha value is -2.14. The summed E-state index contributed by atoms with van der Waals surface area (Å²) in [6.07, 6.45) is 2.58. The molecule has 0 aliphatic heterocycles. The van der Waals surface area contributed by atoms with E-state index in [1.165, 1.54) is 6.08 Å². The molecule has 0 radical (unpaired) electrons. The number of hydrogen-bond acceptors (Lipinski definition) is 3. The van der Waals surface area contributed by atoms with E-state index in [4.69, 9.17) is 9.84 Å². The van der Waals surface area contributed by atoms with Crippen molar-refractivity contribution in [2.24, 2.45) is 0 Å². The van der Waals surface area contributed by atoms with Gasteiger partial charge >= 0.3 is 5.97 Å². The predicted molar refractivity (Wildman–Crippen MR) is 76.7 cm³/mol. The summed E-state index contributed by atoms with van der Waals surface area (Å²) in [5.74, 6) is -1.16. The van der Waals surface area contributed by atoms with Crippen LogP contribution < -0.4 is 5.32 Å². The highest BCUT2D eigenvalue weighted by molar-refractivity contribution is 5.95. The molecular weight excluding hydrogens is 258 g/mol. The van der Waals surface area contributed by atoms with Crippen molar-refractivity contribution in [1.82, 2.24) is 5.32 Å². The molecular formula is C15H19NO4. The van der Waals surface area contributed by atoms with Gasteiger partial charge in [-0.15, -0.1) is 0 Å². The van der Waals surface area contributed by atoms with Gasteiger partial charge in [-0.1, -0.05) is 6.07 Å². The van der Waals surface area contributed by atoms with Gasteiger partial charge in [0, 0.05) is 24.8 Å². The van der Waals surface area contributed by atoms with Crippen molar-refractivity contribution in [2.45, 2.75) is 13.8 Å². The molecule has 0 saturated carbocycles. The Balaban J connectivity index is 2.66. The quantitative estimate of drug-likeness (QED) is 0.589. The first-order chi connectivity index (χ1) is 9.54. The van der Waals surface area contributed by atoms with Crippen molar-refractivity contribution in [3.63, 3.8) is 0 Å². The number of rotatable bonds is 7. The lowest BCUT2D eigenvalue weighted by Gasteiger charge is -2.07. The fraction of sp³-hybridized carbons (Fsp3) is 0.333. The molecule has 1 amide bonds. The van der Waals surface area contributed by atoms with Crippen molar-refractivity contribution in [1.29, 1.82) is 0 Å². The van der Waals surface area contributed by atoms with E-state index in [9.17, 15) is 9.59 Å². The fourth-order valence-corrected chi connectivity index (χ4v) is 1.65. The Morgan fingerprint density at radius 1 is 1.40 bits per heavy atom. The monoisotopic (exact) mass is 277 g/mol. The van der Waals surface area contributed by atoms with Gasteiger partial charge < -0.3 is 15.2 Å². The molecule has 5 nitrogen and oxygen atoms in total. The summed E-state index contributed by atoms with van der Waals surface area (Å²) in [7, 11) is 0. The first kappa shape index (κ1) is 15.9. The number of carbonyl (C=O) groups excluding carboxylic acids is 1. The largest absolute Gasteiger partial charge is 0.478 e. The third-order valence-corrected chi connectivity index (χ3v) is 2.67. The molecule has 0 bridgehead atoms. The highest BCUT2D eigenvalue weighted by Crippen LogP contribution is 2.12. The Morgan fingerprint density at radius 3 is 2.75 bits per heavy atom. The summed E-state index contributed by atoms with van der Waals surface area (Å²) in [5, 5.41) is 11.3. The van der Waals surface area contributed by atoms with Crippen LogP contribution in [0.15, 0.2) is 24.3 Å². The maximum absolute atomic E-state index is 11.9. The van der Waals surface area contributed by atoms with Crippen LogP contribution in [0.4, 0.5) is 0 Å². The molecule has 2 N–H and O–H groups in total. The molecule has 0 heterocycles. The summed E-state index contributed by atoms with van der Waals surface area (Å²) in [6.45, 7) is 5.31. The number of nitrogens with one attached hydrogen (secondary N) is 1. The Kier molecular flexibility index (Phi) is 6.46. The zero-order chi connectivity index (χ0) is 15.0. The van der Waals surface area contributed by atoms with Gasteiger partial charge in [0.2, 0.25) is 0 Å². The van der Waals surface area contributed by atoms with Crippen molar-refractivity contribution in [3.05, 3.63) is 41.0 Å². The summed E-state index contributed by atoms with van der Waals surface area (Å²) in [4.78, 5) is 22.3. The molecule has 0 fully saturated rings. The number of ether oxygens (including phenoxy) is 1. The number of amides is 1. The molecule has 108 valence electrons. The maximum Gasteiger partial charge on any atom is 0.328 e. The Morgan fingerprint density at radius 2 is 2.15 bits per heavy atom. The third kappa shape index (κ3) is 5.24. The Bertz CT molecular complexity index is 509. The topological polar surface area (TPSA) is 75.6 Å². The van der Waals surface area contributed by atoms with Gasteiger partial charge in [-0.05, 0) is 43.2 Å². The van der Waals surface area contributed by atoms with E-state index < -0.39 is 5.97 Å². The first-order valence-electron chi connectivity index (χ1n) is 6.42. The van der Waals surface area contributed by atoms with Gasteiger partial charge in [0.15, 0.2) is 0 Å². The van der Waals surface area contributed by atoms with Crippen molar-refractivity contribution in [2.75, 3.05) is 19.8 Å². The molecule has 0 aliphatic rings. The third-order valence-electron chi connectivity index (χ3n) is 2.67. The number of aliphatic carboxylic acids is 1. The minimum absolute atomic E-state index is 0.165. The molecule has 1 aromatic carbocycles. The lowest BCUT2D eigenvalue weighted by atomic mass is 10.0. The summed E-state index contributed by atoms with van der Waals surface area (Å²) < 4.78 is 5.14. The van der Waals surface area contributed by atoms with E-state index in [0.717, 1.165) is 17.2 Å². The van der Waals surface area contributed by atoms with E-state index in [0.29, 0.717) is 25.3 Å². The van der Waals surface area contributed by atoms with E-state index >= 15 is 0 Å². The van der Waals surface area contributed by atoms with Gasteiger partial charge in [0.1, 0.15) is 0 Å². The van der Waals surface area contributed by atoms with E-state index in [2.05, 4.69) is 5.32 Å². The van der Waals surface area contributed by atoms with Crippen molar-refractivity contribution in [3.8, 4) is 0 Å². The Labute approximate surface area is 118 Å². The lowest BCUT2D eigenvalue weighted by Crippen LogP contribution is -2.27. The van der Waals surface area contributed by atoms with Gasteiger partial charge in [-0.25, -0.2) is 4.79 Å². The second-order valence-corrected chi connectivity index (χ2v) is 4.20. The SMILES string of the molecule is CCOCCNC(=O)c1ccc(/C=C/C(=O)O)c(C)c1. The second-order valence-electron chi connectivity index (χ2n) is 4.20. The second kappa shape index (κ2) is 8.12. The molecule has 0 saturated heterocycles. The smallest absolute Gasteiger partial charge is 0.328 e. The minimum Gasteiger partial charge on any atom is -0.478 e. The highest BCUT2D eigenvalue weighted by atomic mass is 16.5. The summed E-state index contributed by atoms with van der Waals surface area (Å²) >= 11 is 0. The zero-order valence-corrected chi connectivity index (χ0v) is 11.7. The normalized spacial score (nSPS) is 10.7. The average molecular weight is 277 g/mol. The molecule has 1 aromatic rings. The number of benzene rings is 1. The van der Waals surface area contributed by atoms with Crippen LogP contribution in [0, 0.1) is 6.92 Å². The van der Waals surface area contributed by atoms with Crippen LogP contribution in [0.5, 0.6) is 0 Å². The summed E-state index contributed by atoms with van der Waals surface area (Å²) in [6, 6.07) is 5.13. The number of carbonyl (C=O) groups is 2. The zero-order valence-electron chi connectivity index (χ0n) is 11.7. The molecule has 0 atom stereocenters. The van der Waals surface area contributed by atoms with Crippen LogP contribution >= 0.6 is 0 Å². The number of hydrogen-bond donors (Lipinski definition) is 2. The molecule has 0 spiro atoms. The molecule has 0 aromatic heterocycles. The molecule has 0 aliphatic carbocycles. The van der Waals surface area contributed by atoms with Crippen molar-refractivity contribution >= 4 is 18.0 Å². The van der Waals surface area contributed by atoms with Crippen molar-refractivity contribution < 1.29 is 19.4 Å². The predicted octanol–water partition coefficient (Wildman–Crippen LogP) is 1.86. The van der Waals surface area contributed by atoms with Crippen LogP contribution in [0.25, 0.3) is 6.08 Å².